The van der Waals surface area contributed by atoms with Gasteiger partial charge in [-0.15, -0.1) is 0 Å². The molecule has 1 amide bonds. The molecular formula is C18H20N4O2. The summed E-state index contributed by atoms with van der Waals surface area (Å²) in [7, 11) is 0. The first-order valence-electron chi connectivity index (χ1n) is 7.92. The zero-order chi connectivity index (χ0) is 16.9. The largest absolute Gasteiger partial charge is 0.355 e. The average Bonchev–Trinajstić information content (AvgIpc) is 3.22. The highest BCUT2D eigenvalue weighted by Crippen LogP contribution is 2.23. The number of hydrogen-bond donors (Lipinski definition) is 1. The summed E-state index contributed by atoms with van der Waals surface area (Å²) >= 11 is 0. The van der Waals surface area contributed by atoms with Crippen LogP contribution < -0.4 is 5.32 Å². The van der Waals surface area contributed by atoms with Gasteiger partial charge in [-0.3, -0.25) is 4.79 Å². The molecule has 0 saturated heterocycles. The number of nitrogens with one attached hydrogen (secondary N) is 1. The summed E-state index contributed by atoms with van der Waals surface area (Å²) in [6, 6.07) is 9.47. The van der Waals surface area contributed by atoms with Gasteiger partial charge in [-0.05, 0) is 5.92 Å². The molecule has 6 heteroatoms. The molecule has 0 radical (unpaired) electrons. The van der Waals surface area contributed by atoms with Crippen molar-refractivity contribution in [3.8, 4) is 11.3 Å². The predicted octanol–water partition coefficient (Wildman–Crippen LogP) is 3.12. The Bertz CT molecular complexity index is 805. The van der Waals surface area contributed by atoms with E-state index in [9.17, 15) is 4.79 Å². The molecule has 24 heavy (non-hydrogen) atoms. The fourth-order valence-electron chi connectivity index (χ4n) is 2.52. The lowest BCUT2D eigenvalue weighted by Gasteiger charge is -2.11. The molecule has 2 heterocycles. The Morgan fingerprint density at radius 1 is 1.25 bits per heavy atom. The van der Waals surface area contributed by atoms with E-state index >= 15 is 0 Å². The third-order valence-electron chi connectivity index (χ3n) is 3.64. The molecule has 3 aromatic rings. The summed E-state index contributed by atoms with van der Waals surface area (Å²) in [5.74, 6) is 0.771. The van der Waals surface area contributed by atoms with Gasteiger partial charge < -0.3 is 14.4 Å². The van der Waals surface area contributed by atoms with Gasteiger partial charge in [-0.2, -0.15) is 0 Å². The standard InChI is InChI=1S/C18H20N4O2/c1-13(2)11-22-12-19-8-15(22)9-20-18(23)16-10-21-24-17(16)14-6-4-3-5-7-14/h3-8,10,12-13H,9,11H2,1-2H3,(H,20,23). The monoisotopic (exact) mass is 324 g/mol. The van der Waals surface area contributed by atoms with Crippen molar-refractivity contribution in [1.29, 1.82) is 0 Å². The number of amides is 1. The van der Waals surface area contributed by atoms with Crippen molar-refractivity contribution in [2.45, 2.75) is 26.9 Å². The van der Waals surface area contributed by atoms with Crippen LogP contribution in [0.15, 0.2) is 53.6 Å². The number of aromatic nitrogens is 3. The maximum Gasteiger partial charge on any atom is 0.257 e. The number of hydrogen-bond acceptors (Lipinski definition) is 4. The maximum atomic E-state index is 12.5. The molecule has 1 N–H and O–H groups in total. The number of carbonyl (C=O) groups excluding carboxylic acids is 1. The van der Waals surface area contributed by atoms with E-state index in [1.165, 1.54) is 6.20 Å². The highest BCUT2D eigenvalue weighted by Gasteiger charge is 2.18. The number of carbonyl (C=O) groups is 1. The van der Waals surface area contributed by atoms with Gasteiger partial charge in [0.1, 0.15) is 5.56 Å². The van der Waals surface area contributed by atoms with Gasteiger partial charge in [0, 0.05) is 18.3 Å². The molecule has 1 aromatic carbocycles. The minimum atomic E-state index is -0.215. The molecule has 2 aromatic heterocycles. The lowest BCUT2D eigenvalue weighted by Crippen LogP contribution is -2.24. The second-order valence-electron chi connectivity index (χ2n) is 6.05. The first kappa shape index (κ1) is 16.0. The van der Waals surface area contributed by atoms with Crippen LogP contribution in [-0.2, 0) is 13.1 Å². The fraction of sp³-hybridized carbons (Fsp3) is 0.278. The van der Waals surface area contributed by atoms with Crippen LogP contribution in [0, 0.1) is 5.92 Å². The summed E-state index contributed by atoms with van der Waals surface area (Å²) in [5, 5.41) is 6.68. The molecule has 0 unspecified atom stereocenters. The van der Waals surface area contributed by atoms with E-state index in [1.807, 2.05) is 30.3 Å². The molecule has 0 aliphatic heterocycles. The van der Waals surface area contributed by atoms with E-state index in [4.69, 9.17) is 4.52 Å². The van der Waals surface area contributed by atoms with E-state index < -0.39 is 0 Å². The zero-order valence-corrected chi connectivity index (χ0v) is 13.8. The van der Waals surface area contributed by atoms with E-state index in [-0.39, 0.29) is 5.91 Å². The molecule has 0 aliphatic rings. The third-order valence-corrected chi connectivity index (χ3v) is 3.64. The summed E-state index contributed by atoms with van der Waals surface area (Å²) in [6.45, 7) is 5.57. The molecule has 6 nitrogen and oxygen atoms in total. The van der Waals surface area contributed by atoms with Crippen molar-refractivity contribution in [2.24, 2.45) is 5.92 Å². The normalized spacial score (nSPS) is 11.0. The van der Waals surface area contributed by atoms with Gasteiger partial charge in [0.25, 0.3) is 5.91 Å². The van der Waals surface area contributed by atoms with Gasteiger partial charge in [-0.1, -0.05) is 49.3 Å². The fourth-order valence-corrected chi connectivity index (χ4v) is 2.52. The highest BCUT2D eigenvalue weighted by atomic mass is 16.5. The lowest BCUT2D eigenvalue weighted by atomic mass is 10.1. The van der Waals surface area contributed by atoms with E-state index in [0.717, 1.165) is 17.8 Å². The van der Waals surface area contributed by atoms with Gasteiger partial charge in [0.2, 0.25) is 0 Å². The van der Waals surface area contributed by atoms with Crippen LogP contribution in [0.4, 0.5) is 0 Å². The Hall–Kier alpha value is -2.89. The van der Waals surface area contributed by atoms with Crippen LogP contribution in [0.25, 0.3) is 11.3 Å². The smallest absolute Gasteiger partial charge is 0.257 e. The van der Waals surface area contributed by atoms with Gasteiger partial charge in [0.15, 0.2) is 5.76 Å². The molecule has 3 rings (SSSR count). The van der Waals surface area contributed by atoms with Crippen molar-refractivity contribution in [3.05, 3.63) is 60.3 Å². The Kier molecular flexibility index (Phi) is 4.74. The second-order valence-corrected chi connectivity index (χ2v) is 6.05. The Morgan fingerprint density at radius 3 is 2.79 bits per heavy atom. The Labute approximate surface area is 140 Å². The molecular weight excluding hydrogens is 304 g/mol. The van der Waals surface area contributed by atoms with Crippen molar-refractivity contribution in [1.82, 2.24) is 20.0 Å². The first-order chi connectivity index (χ1) is 11.6. The minimum absolute atomic E-state index is 0.215. The predicted molar refractivity (Wildman–Crippen MR) is 90.2 cm³/mol. The maximum absolute atomic E-state index is 12.5. The van der Waals surface area contributed by atoms with E-state index in [1.54, 1.807) is 12.5 Å². The zero-order valence-electron chi connectivity index (χ0n) is 13.8. The van der Waals surface area contributed by atoms with Crippen LogP contribution in [0.5, 0.6) is 0 Å². The van der Waals surface area contributed by atoms with E-state index in [0.29, 0.717) is 23.8 Å². The summed E-state index contributed by atoms with van der Waals surface area (Å²) in [4.78, 5) is 16.6. The molecule has 0 bridgehead atoms. The topological polar surface area (TPSA) is 73.0 Å². The van der Waals surface area contributed by atoms with Crippen LogP contribution in [0.2, 0.25) is 0 Å². The molecule has 0 atom stereocenters. The Balaban J connectivity index is 1.71. The molecule has 0 spiro atoms. The van der Waals surface area contributed by atoms with Crippen molar-refractivity contribution in [3.63, 3.8) is 0 Å². The molecule has 0 fully saturated rings. The van der Waals surface area contributed by atoms with Crippen LogP contribution in [0.1, 0.15) is 29.9 Å². The summed E-state index contributed by atoms with van der Waals surface area (Å²) in [5.41, 5.74) is 2.22. The van der Waals surface area contributed by atoms with Crippen LogP contribution in [-0.4, -0.2) is 20.6 Å². The minimum Gasteiger partial charge on any atom is -0.355 e. The van der Waals surface area contributed by atoms with Gasteiger partial charge in [-0.25, -0.2) is 4.98 Å². The first-order valence-corrected chi connectivity index (χ1v) is 7.92. The number of imidazole rings is 1. The van der Waals surface area contributed by atoms with Gasteiger partial charge >= 0.3 is 0 Å². The van der Waals surface area contributed by atoms with Gasteiger partial charge in [0.05, 0.1) is 24.8 Å². The second kappa shape index (κ2) is 7.12. The van der Waals surface area contributed by atoms with Crippen molar-refractivity contribution < 1.29 is 9.32 Å². The lowest BCUT2D eigenvalue weighted by molar-refractivity contribution is 0.0950. The van der Waals surface area contributed by atoms with Crippen molar-refractivity contribution >= 4 is 5.91 Å². The third kappa shape index (κ3) is 3.53. The summed E-state index contributed by atoms with van der Waals surface area (Å²) in [6.07, 6.45) is 5.01. The number of benzene rings is 1. The molecule has 124 valence electrons. The van der Waals surface area contributed by atoms with Crippen LogP contribution >= 0.6 is 0 Å². The quantitative estimate of drug-likeness (QED) is 0.756. The number of nitrogens with zero attached hydrogens (tertiary/aromatic N) is 3. The number of rotatable bonds is 6. The van der Waals surface area contributed by atoms with Crippen molar-refractivity contribution in [2.75, 3.05) is 0 Å². The SMILES string of the molecule is CC(C)Cn1cncc1CNC(=O)c1cnoc1-c1ccccc1. The van der Waals surface area contributed by atoms with Crippen LogP contribution in [0.3, 0.4) is 0 Å². The highest BCUT2D eigenvalue weighted by molar-refractivity contribution is 5.99. The average molecular weight is 324 g/mol. The van der Waals surface area contributed by atoms with E-state index in [2.05, 4.69) is 33.9 Å². The molecule has 0 aliphatic carbocycles. The molecule has 0 saturated carbocycles. The summed E-state index contributed by atoms with van der Waals surface area (Å²) < 4.78 is 7.31. The Morgan fingerprint density at radius 2 is 2.04 bits per heavy atom.